The van der Waals surface area contributed by atoms with Crippen molar-refractivity contribution in [1.29, 1.82) is 0 Å². The predicted molar refractivity (Wildman–Crippen MR) is 79.6 cm³/mol. The van der Waals surface area contributed by atoms with Crippen LogP contribution in [0.2, 0.25) is 0 Å². The molecule has 3 N–H and O–H groups in total. The number of carbonyl (C=O) groups is 1. The molecule has 0 aliphatic rings. The fraction of sp³-hybridized carbons (Fsp3) is 0.533. The van der Waals surface area contributed by atoms with E-state index in [1.807, 2.05) is 38.1 Å². The van der Waals surface area contributed by atoms with Crippen molar-refractivity contribution in [2.75, 3.05) is 25.6 Å². The molecule has 0 fully saturated rings. The van der Waals surface area contributed by atoms with E-state index in [-0.39, 0.29) is 11.3 Å². The van der Waals surface area contributed by atoms with Crippen LogP contribution < -0.4 is 11.1 Å². The predicted octanol–water partition coefficient (Wildman–Crippen LogP) is 1.87. The third kappa shape index (κ3) is 4.59. The second kappa shape index (κ2) is 7.38. The zero-order chi connectivity index (χ0) is 15.2. The van der Waals surface area contributed by atoms with Crippen molar-refractivity contribution in [3.05, 3.63) is 29.8 Å². The van der Waals surface area contributed by atoms with Crippen LogP contribution in [0.5, 0.6) is 0 Å². The van der Waals surface area contributed by atoms with Crippen molar-refractivity contribution in [1.82, 2.24) is 0 Å². The molecule has 0 saturated carbocycles. The summed E-state index contributed by atoms with van der Waals surface area (Å²) in [4.78, 5) is 11.1. The Morgan fingerprint density at radius 3 is 2.70 bits per heavy atom. The number of nitrogens with one attached hydrogen (secondary N) is 1. The lowest BCUT2D eigenvalue weighted by atomic mass is 9.82. The van der Waals surface area contributed by atoms with Gasteiger partial charge in [0.2, 0.25) is 5.91 Å². The highest BCUT2D eigenvalue weighted by molar-refractivity contribution is 5.88. The molecule has 1 aromatic rings. The smallest absolute Gasteiger partial charge is 0.221 e. The standard InChI is InChI=1S/C15H24N2O3/c1-11(18)17-13-7-5-6-12(10-13)15(2,3)14(16)20-9-8-19-4/h5-7,10,14H,8-9,16H2,1-4H3,(H,17,18). The van der Waals surface area contributed by atoms with Crippen LogP contribution in [0.1, 0.15) is 26.3 Å². The number of ether oxygens (including phenoxy) is 2. The van der Waals surface area contributed by atoms with E-state index in [9.17, 15) is 4.79 Å². The third-order valence-corrected chi connectivity index (χ3v) is 3.22. The number of amides is 1. The number of nitrogens with two attached hydrogens (primary N) is 1. The van der Waals surface area contributed by atoms with E-state index in [1.165, 1.54) is 6.92 Å². The van der Waals surface area contributed by atoms with Crippen molar-refractivity contribution in [2.24, 2.45) is 5.73 Å². The van der Waals surface area contributed by atoms with Gasteiger partial charge in [0.25, 0.3) is 0 Å². The Labute approximate surface area is 120 Å². The van der Waals surface area contributed by atoms with E-state index in [0.29, 0.717) is 13.2 Å². The number of methoxy groups -OCH3 is 1. The van der Waals surface area contributed by atoms with Gasteiger partial charge >= 0.3 is 0 Å². The van der Waals surface area contributed by atoms with E-state index in [1.54, 1.807) is 7.11 Å². The Kier molecular flexibility index (Phi) is 6.13. The molecule has 1 rings (SSSR count). The molecule has 0 radical (unpaired) electrons. The van der Waals surface area contributed by atoms with Crippen molar-refractivity contribution in [3.8, 4) is 0 Å². The minimum absolute atomic E-state index is 0.0967. The summed E-state index contributed by atoms with van der Waals surface area (Å²) >= 11 is 0. The monoisotopic (exact) mass is 280 g/mol. The summed E-state index contributed by atoms with van der Waals surface area (Å²) < 4.78 is 10.5. The van der Waals surface area contributed by atoms with E-state index >= 15 is 0 Å². The van der Waals surface area contributed by atoms with Crippen LogP contribution >= 0.6 is 0 Å². The second-order valence-electron chi connectivity index (χ2n) is 5.27. The Morgan fingerprint density at radius 2 is 2.10 bits per heavy atom. The molecule has 1 aromatic carbocycles. The SMILES string of the molecule is COCCOC(N)C(C)(C)c1cccc(NC(C)=O)c1. The molecule has 0 spiro atoms. The van der Waals surface area contributed by atoms with Gasteiger partial charge in [0, 0.05) is 25.1 Å². The molecule has 1 atom stereocenters. The maximum absolute atomic E-state index is 11.1. The number of hydrogen-bond acceptors (Lipinski definition) is 4. The van der Waals surface area contributed by atoms with Gasteiger partial charge in [-0.2, -0.15) is 0 Å². The van der Waals surface area contributed by atoms with E-state index in [0.717, 1.165) is 11.3 Å². The summed E-state index contributed by atoms with van der Waals surface area (Å²) in [6.45, 7) is 6.47. The fourth-order valence-electron chi connectivity index (χ4n) is 1.83. The average Bonchev–Trinajstić information content (AvgIpc) is 2.38. The van der Waals surface area contributed by atoms with Gasteiger partial charge in [0.15, 0.2) is 0 Å². The first kappa shape index (κ1) is 16.6. The summed E-state index contributed by atoms with van der Waals surface area (Å²) in [6, 6.07) is 7.63. The van der Waals surface area contributed by atoms with Gasteiger partial charge in [-0.25, -0.2) is 0 Å². The van der Waals surface area contributed by atoms with E-state index < -0.39 is 6.23 Å². The molecule has 0 aromatic heterocycles. The molecular weight excluding hydrogens is 256 g/mol. The minimum atomic E-state index is -0.453. The molecule has 0 aliphatic heterocycles. The van der Waals surface area contributed by atoms with Crippen molar-refractivity contribution in [3.63, 3.8) is 0 Å². The molecule has 0 heterocycles. The fourth-order valence-corrected chi connectivity index (χ4v) is 1.83. The number of carbonyl (C=O) groups excluding carboxylic acids is 1. The van der Waals surface area contributed by atoms with Crippen LogP contribution in [0.4, 0.5) is 5.69 Å². The number of anilines is 1. The van der Waals surface area contributed by atoms with Gasteiger partial charge in [-0.15, -0.1) is 0 Å². The average molecular weight is 280 g/mol. The van der Waals surface area contributed by atoms with Gasteiger partial charge in [0.05, 0.1) is 13.2 Å². The first-order valence-corrected chi connectivity index (χ1v) is 6.62. The van der Waals surface area contributed by atoms with E-state index in [2.05, 4.69) is 5.32 Å². The normalized spacial score (nSPS) is 13.1. The minimum Gasteiger partial charge on any atom is -0.382 e. The number of rotatable bonds is 7. The lowest BCUT2D eigenvalue weighted by Crippen LogP contribution is -2.43. The van der Waals surface area contributed by atoms with Crippen LogP contribution in [0.25, 0.3) is 0 Å². The Balaban J connectivity index is 2.82. The van der Waals surface area contributed by atoms with Crippen LogP contribution in [0.3, 0.4) is 0 Å². The maximum Gasteiger partial charge on any atom is 0.221 e. The van der Waals surface area contributed by atoms with Gasteiger partial charge in [0.1, 0.15) is 6.23 Å². The molecule has 0 aliphatic carbocycles. The Bertz CT molecular complexity index is 446. The molecule has 5 heteroatoms. The summed E-state index contributed by atoms with van der Waals surface area (Å²) in [7, 11) is 1.62. The van der Waals surface area contributed by atoms with Gasteiger partial charge in [-0.1, -0.05) is 26.0 Å². The molecule has 20 heavy (non-hydrogen) atoms. The Hall–Kier alpha value is -1.43. The molecule has 1 amide bonds. The van der Waals surface area contributed by atoms with Crippen LogP contribution in [0.15, 0.2) is 24.3 Å². The van der Waals surface area contributed by atoms with Crippen LogP contribution in [0, 0.1) is 0 Å². The molecule has 112 valence electrons. The van der Waals surface area contributed by atoms with Crippen LogP contribution in [-0.4, -0.2) is 32.5 Å². The van der Waals surface area contributed by atoms with E-state index in [4.69, 9.17) is 15.2 Å². The third-order valence-electron chi connectivity index (χ3n) is 3.22. The molecule has 1 unspecified atom stereocenters. The van der Waals surface area contributed by atoms with Crippen LogP contribution in [-0.2, 0) is 19.7 Å². The Morgan fingerprint density at radius 1 is 1.40 bits per heavy atom. The van der Waals surface area contributed by atoms with Crippen molar-refractivity contribution >= 4 is 11.6 Å². The van der Waals surface area contributed by atoms with Gasteiger partial charge in [-0.05, 0) is 17.7 Å². The number of benzene rings is 1. The maximum atomic E-state index is 11.1. The largest absolute Gasteiger partial charge is 0.382 e. The second-order valence-corrected chi connectivity index (χ2v) is 5.27. The first-order chi connectivity index (χ1) is 9.37. The summed E-state index contributed by atoms with van der Waals surface area (Å²) in [6.07, 6.45) is -0.453. The van der Waals surface area contributed by atoms with Gasteiger partial charge < -0.3 is 20.5 Å². The molecular formula is C15H24N2O3. The van der Waals surface area contributed by atoms with Crippen molar-refractivity contribution in [2.45, 2.75) is 32.4 Å². The zero-order valence-electron chi connectivity index (χ0n) is 12.6. The molecule has 0 saturated heterocycles. The van der Waals surface area contributed by atoms with Crippen molar-refractivity contribution < 1.29 is 14.3 Å². The highest BCUT2D eigenvalue weighted by atomic mass is 16.5. The lowest BCUT2D eigenvalue weighted by Gasteiger charge is -2.32. The number of hydrogen-bond donors (Lipinski definition) is 2. The first-order valence-electron chi connectivity index (χ1n) is 6.62. The summed E-state index contributed by atoms with van der Waals surface area (Å²) in [5.74, 6) is -0.0967. The summed E-state index contributed by atoms with van der Waals surface area (Å²) in [5.41, 5.74) is 7.50. The molecule has 0 bridgehead atoms. The topological polar surface area (TPSA) is 73.6 Å². The highest BCUT2D eigenvalue weighted by Crippen LogP contribution is 2.28. The molecule has 5 nitrogen and oxygen atoms in total. The van der Waals surface area contributed by atoms with Gasteiger partial charge in [-0.3, -0.25) is 4.79 Å². The highest BCUT2D eigenvalue weighted by Gasteiger charge is 2.29. The quantitative estimate of drug-likeness (QED) is 0.590. The lowest BCUT2D eigenvalue weighted by molar-refractivity contribution is -0.114. The summed E-state index contributed by atoms with van der Waals surface area (Å²) in [5, 5.41) is 2.77. The zero-order valence-corrected chi connectivity index (χ0v) is 12.6.